The quantitative estimate of drug-likeness (QED) is 0.733. The number of hydrogen-bond donors (Lipinski definition) is 1. The zero-order valence-corrected chi connectivity index (χ0v) is 17.6. The Hall–Kier alpha value is -2.73. The van der Waals surface area contributed by atoms with Crippen LogP contribution in [0.3, 0.4) is 0 Å². The summed E-state index contributed by atoms with van der Waals surface area (Å²) >= 11 is 0. The SMILES string of the molecule is CCOc1ccc(C(=O)Nc2ccccc2N2CCN(CC)CC2)cc1OCC. The third kappa shape index (κ3) is 5.21. The molecule has 3 rings (SSSR count). The van der Waals surface area contributed by atoms with Crippen molar-refractivity contribution >= 4 is 17.3 Å². The van der Waals surface area contributed by atoms with Gasteiger partial charge in [-0.25, -0.2) is 0 Å². The van der Waals surface area contributed by atoms with Gasteiger partial charge < -0.3 is 24.6 Å². The van der Waals surface area contributed by atoms with Gasteiger partial charge in [-0.15, -0.1) is 0 Å². The Morgan fingerprint density at radius 2 is 1.62 bits per heavy atom. The molecule has 6 heteroatoms. The molecular weight excluding hydrogens is 366 g/mol. The van der Waals surface area contributed by atoms with Crippen LogP contribution in [0.1, 0.15) is 31.1 Å². The van der Waals surface area contributed by atoms with E-state index >= 15 is 0 Å². The summed E-state index contributed by atoms with van der Waals surface area (Å²) in [6.45, 7) is 12.2. The van der Waals surface area contributed by atoms with Crippen molar-refractivity contribution in [3.8, 4) is 11.5 Å². The van der Waals surface area contributed by atoms with Gasteiger partial charge in [-0.3, -0.25) is 4.79 Å². The first-order valence-electron chi connectivity index (χ1n) is 10.4. The summed E-state index contributed by atoms with van der Waals surface area (Å²) in [5, 5.41) is 3.08. The molecule has 0 bridgehead atoms. The normalized spacial score (nSPS) is 14.5. The van der Waals surface area contributed by atoms with Crippen LogP contribution < -0.4 is 19.7 Å². The van der Waals surface area contributed by atoms with Gasteiger partial charge in [-0.05, 0) is 50.7 Å². The van der Waals surface area contributed by atoms with Crippen LogP contribution in [0.25, 0.3) is 0 Å². The lowest BCUT2D eigenvalue weighted by molar-refractivity contribution is 0.102. The predicted molar refractivity (Wildman–Crippen MR) is 118 cm³/mol. The molecule has 1 amide bonds. The Morgan fingerprint density at radius 3 is 2.31 bits per heavy atom. The van der Waals surface area contributed by atoms with E-state index in [9.17, 15) is 4.79 Å². The summed E-state index contributed by atoms with van der Waals surface area (Å²) in [5.74, 6) is 1.08. The third-order valence-corrected chi connectivity index (χ3v) is 5.12. The standard InChI is InChI=1S/C23H31N3O3/c1-4-25-13-15-26(16-14-25)20-10-8-7-9-19(20)24-23(27)18-11-12-21(28-5-2)22(17-18)29-6-3/h7-12,17H,4-6,13-16H2,1-3H3,(H,24,27). The van der Waals surface area contributed by atoms with E-state index in [1.54, 1.807) is 18.2 Å². The fraction of sp³-hybridized carbons (Fsp3) is 0.435. The van der Waals surface area contributed by atoms with Gasteiger partial charge in [0, 0.05) is 31.7 Å². The molecule has 1 heterocycles. The van der Waals surface area contributed by atoms with E-state index in [1.165, 1.54) is 0 Å². The van der Waals surface area contributed by atoms with Crippen LogP contribution in [0.15, 0.2) is 42.5 Å². The molecule has 6 nitrogen and oxygen atoms in total. The first-order chi connectivity index (χ1) is 14.2. The monoisotopic (exact) mass is 397 g/mol. The summed E-state index contributed by atoms with van der Waals surface area (Å²) < 4.78 is 11.2. The minimum atomic E-state index is -0.159. The van der Waals surface area contributed by atoms with Gasteiger partial charge in [0.1, 0.15) is 0 Å². The van der Waals surface area contributed by atoms with Crippen molar-refractivity contribution in [2.24, 2.45) is 0 Å². The number of ether oxygens (including phenoxy) is 2. The third-order valence-electron chi connectivity index (χ3n) is 5.12. The second kappa shape index (κ2) is 10.2. The number of nitrogens with zero attached hydrogens (tertiary/aromatic N) is 2. The molecule has 1 saturated heterocycles. The summed E-state index contributed by atoms with van der Waals surface area (Å²) in [5.41, 5.74) is 2.43. The van der Waals surface area contributed by atoms with Crippen LogP contribution in [0, 0.1) is 0 Å². The molecule has 0 unspecified atom stereocenters. The minimum Gasteiger partial charge on any atom is -0.490 e. The zero-order chi connectivity index (χ0) is 20.6. The number of likely N-dealkylation sites (N-methyl/N-ethyl adjacent to an activating group) is 1. The van der Waals surface area contributed by atoms with Gasteiger partial charge in [0.15, 0.2) is 11.5 Å². The van der Waals surface area contributed by atoms with Crippen molar-refractivity contribution in [3.63, 3.8) is 0 Å². The van der Waals surface area contributed by atoms with Gasteiger partial charge in [0.05, 0.1) is 24.6 Å². The molecule has 1 N–H and O–H groups in total. The highest BCUT2D eigenvalue weighted by molar-refractivity contribution is 6.06. The number of benzene rings is 2. The highest BCUT2D eigenvalue weighted by atomic mass is 16.5. The van der Waals surface area contributed by atoms with Crippen molar-refractivity contribution in [1.82, 2.24) is 4.90 Å². The molecule has 156 valence electrons. The van der Waals surface area contributed by atoms with Crippen molar-refractivity contribution in [2.75, 3.05) is 56.2 Å². The summed E-state index contributed by atoms with van der Waals surface area (Å²) in [6.07, 6.45) is 0. The van der Waals surface area contributed by atoms with Crippen LogP contribution in [0.5, 0.6) is 11.5 Å². The number of rotatable bonds is 8. The lowest BCUT2D eigenvalue weighted by Crippen LogP contribution is -2.46. The molecule has 0 radical (unpaired) electrons. The number of piperazine rings is 1. The predicted octanol–water partition coefficient (Wildman–Crippen LogP) is 3.88. The van der Waals surface area contributed by atoms with Gasteiger partial charge in [0.25, 0.3) is 5.91 Å². The van der Waals surface area contributed by atoms with Gasteiger partial charge in [-0.1, -0.05) is 19.1 Å². The van der Waals surface area contributed by atoms with E-state index in [-0.39, 0.29) is 5.91 Å². The van der Waals surface area contributed by atoms with Gasteiger partial charge >= 0.3 is 0 Å². The van der Waals surface area contributed by atoms with Crippen molar-refractivity contribution in [3.05, 3.63) is 48.0 Å². The van der Waals surface area contributed by atoms with E-state index in [0.717, 1.165) is 44.1 Å². The molecule has 2 aromatic rings. The molecule has 0 aliphatic carbocycles. The number of carbonyl (C=O) groups excluding carboxylic acids is 1. The second-order valence-corrected chi connectivity index (χ2v) is 6.92. The summed E-state index contributed by atoms with van der Waals surface area (Å²) in [7, 11) is 0. The minimum absolute atomic E-state index is 0.159. The molecule has 0 atom stereocenters. The summed E-state index contributed by atoms with van der Waals surface area (Å²) in [6, 6.07) is 13.3. The fourth-order valence-electron chi connectivity index (χ4n) is 3.55. The maximum absolute atomic E-state index is 12.9. The van der Waals surface area contributed by atoms with E-state index < -0.39 is 0 Å². The molecule has 1 fully saturated rings. The number of carbonyl (C=O) groups is 1. The molecule has 29 heavy (non-hydrogen) atoms. The second-order valence-electron chi connectivity index (χ2n) is 6.92. The highest BCUT2D eigenvalue weighted by Gasteiger charge is 2.19. The first-order valence-corrected chi connectivity index (χ1v) is 10.4. The zero-order valence-electron chi connectivity index (χ0n) is 17.6. The van der Waals surface area contributed by atoms with Crippen molar-refractivity contribution in [2.45, 2.75) is 20.8 Å². The Bertz CT molecular complexity index is 817. The first kappa shape index (κ1) is 21.0. The smallest absolute Gasteiger partial charge is 0.255 e. The Labute approximate surface area is 173 Å². The van der Waals surface area contributed by atoms with Gasteiger partial charge in [-0.2, -0.15) is 0 Å². The van der Waals surface area contributed by atoms with Crippen LogP contribution in [0.2, 0.25) is 0 Å². The Kier molecular flexibility index (Phi) is 7.36. The molecule has 1 aliphatic rings. The topological polar surface area (TPSA) is 54.0 Å². The van der Waals surface area contributed by atoms with Crippen LogP contribution in [0.4, 0.5) is 11.4 Å². The van der Waals surface area contributed by atoms with E-state index in [4.69, 9.17) is 9.47 Å². The molecule has 2 aromatic carbocycles. The Morgan fingerprint density at radius 1 is 0.931 bits per heavy atom. The molecule has 0 aromatic heterocycles. The highest BCUT2D eigenvalue weighted by Crippen LogP contribution is 2.30. The lowest BCUT2D eigenvalue weighted by atomic mass is 10.1. The number of anilines is 2. The van der Waals surface area contributed by atoms with Crippen LogP contribution >= 0.6 is 0 Å². The molecule has 0 saturated carbocycles. The summed E-state index contributed by atoms with van der Waals surface area (Å²) in [4.78, 5) is 17.7. The average molecular weight is 398 g/mol. The van der Waals surface area contributed by atoms with E-state index in [0.29, 0.717) is 30.3 Å². The fourth-order valence-corrected chi connectivity index (χ4v) is 3.55. The molecule has 1 aliphatic heterocycles. The number of para-hydroxylation sites is 2. The van der Waals surface area contributed by atoms with E-state index in [1.807, 2.05) is 32.0 Å². The number of amides is 1. The van der Waals surface area contributed by atoms with Crippen molar-refractivity contribution in [1.29, 1.82) is 0 Å². The van der Waals surface area contributed by atoms with Crippen molar-refractivity contribution < 1.29 is 14.3 Å². The maximum atomic E-state index is 12.9. The van der Waals surface area contributed by atoms with Crippen LogP contribution in [-0.4, -0.2) is 56.7 Å². The average Bonchev–Trinajstić information content (AvgIpc) is 2.76. The number of nitrogens with one attached hydrogen (secondary N) is 1. The van der Waals surface area contributed by atoms with E-state index in [2.05, 4.69) is 28.1 Å². The lowest BCUT2D eigenvalue weighted by Gasteiger charge is -2.36. The molecule has 0 spiro atoms. The largest absolute Gasteiger partial charge is 0.490 e. The maximum Gasteiger partial charge on any atom is 0.255 e. The number of hydrogen-bond acceptors (Lipinski definition) is 5. The van der Waals surface area contributed by atoms with Crippen LogP contribution in [-0.2, 0) is 0 Å². The van der Waals surface area contributed by atoms with Gasteiger partial charge in [0.2, 0.25) is 0 Å². The molecular formula is C23H31N3O3. The Balaban J connectivity index is 1.77.